The number of rotatable bonds is 6. The van der Waals surface area contributed by atoms with Crippen molar-refractivity contribution in [3.05, 3.63) is 81.1 Å². The van der Waals surface area contributed by atoms with Crippen molar-refractivity contribution in [2.75, 3.05) is 11.9 Å². The minimum Gasteiger partial charge on any atom is -0.302 e. The van der Waals surface area contributed by atoms with Gasteiger partial charge >= 0.3 is 0 Å². The second-order valence-electron chi connectivity index (χ2n) is 7.77. The molecule has 9 heteroatoms. The number of amides is 1. The van der Waals surface area contributed by atoms with Gasteiger partial charge in [-0.2, -0.15) is 0 Å². The van der Waals surface area contributed by atoms with Crippen molar-refractivity contribution in [2.24, 2.45) is 0 Å². The van der Waals surface area contributed by atoms with Gasteiger partial charge in [-0.3, -0.25) is 14.5 Å². The first-order chi connectivity index (χ1) is 15.7. The van der Waals surface area contributed by atoms with Gasteiger partial charge in [-0.1, -0.05) is 47.7 Å². The smallest absolute Gasteiger partial charge is 0.277 e. The summed E-state index contributed by atoms with van der Waals surface area (Å²) in [5, 5.41) is 12.0. The Hall–Kier alpha value is -3.43. The molecular formula is C23H22N6O2S. The number of hydrogen-bond acceptors (Lipinski definition) is 7. The molecule has 3 heterocycles. The number of thiazole rings is 1. The van der Waals surface area contributed by atoms with Crippen LogP contribution in [0.4, 0.5) is 5.13 Å². The van der Waals surface area contributed by atoms with Crippen LogP contribution < -0.4 is 10.9 Å². The second-order valence-corrected chi connectivity index (χ2v) is 8.85. The highest BCUT2D eigenvalue weighted by molar-refractivity contribution is 7.15. The Morgan fingerprint density at radius 1 is 1.09 bits per heavy atom. The zero-order chi connectivity index (χ0) is 21.9. The van der Waals surface area contributed by atoms with E-state index in [0.717, 1.165) is 31.7 Å². The van der Waals surface area contributed by atoms with Crippen molar-refractivity contribution in [2.45, 2.75) is 32.5 Å². The number of anilines is 1. The van der Waals surface area contributed by atoms with Crippen molar-refractivity contribution in [3.63, 3.8) is 0 Å². The molecule has 1 N–H and O–H groups in total. The number of hydrogen-bond donors (Lipinski definition) is 1. The van der Waals surface area contributed by atoms with E-state index in [1.54, 1.807) is 18.2 Å². The lowest BCUT2D eigenvalue weighted by molar-refractivity contribution is -0.116. The Labute approximate surface area is 188 Å². The van der Waals surface area contributed by atoms with Crippen LogP contribution in [-0.2, 0) is 30.8 Å². The van der Waals surface area contributed by atoms with Crippen LogP contribution in [0.3, 0.4) is 0 Å². The number of aryl methyl sites for hydroxylation is 1. The molecule has 2 aromatic carbocycles. The summed E-state index contributed by atoms with van der Waals surface area (Å²) in [5.74, 6) is -0.195. The van der Waals surface area contributed by atoms with Crippen molar-refractivity contribution in [1.29, 1.82) is 0 Å². The molecule has 32 heavy (non-hydrogen) atoms. The topological polar surface area (TPSA) is 93.0 Å². The summed E-state index contributed by atoms with van der Waals surface area (Å²) >= 11 is 1.52. The summed E-state index contributed by atoms with van der Waals surface area (Å²) < 4.78 is 1.23. The number of fused-ring (bicyclic) bond motifs is 2. The molecule has 0 atom stereocenters. The molecule has 5 rings (SSSR count). The normalized spacial score (nSPS) is 13.8. The minimum atomic E-state index is -0.244. The lowest BCUT2D eigenvalue weighted by atomic mass is 10.1. The van der Waals surface area contributed by atoms with Gasteiger partial charge in [0.1, 0.15) is 5.52 Å². The second kappa shape index (κ2) is 8.97. The van der Waals surface area contributed by atoms with Gasteiger partial charge in [0.05, 0.1) is 17.6 Å². The van der Waals surface area contributed by atoms with Gasteiger partial charge in [0.25, 0.3) is 5.56 Å². The van der Waals surface area contributed by atoms with Gasteiger partial charge in [0.15, 0.2) is 5.13 Å². The number of nitrogens with one attached hydrogen (secondary N) is 1. The lowest BCUT2D eigenvalue weighted by Gasteiger charge is -2.25. The molecule has 1 amide bonds. The molecule has 8 nitrogen and oxygen atoms in total. The van der Waals surface area contributed by atoms with Crippen molar-refractivity contribution in [1.82, 2.24) is 24.9 Å². The Balaban J connectivity index is 1.19. The highest BCUT2D eigenvalue weighted by Crippen LogP contribution is 2.29. The van der Waals surface area contributed by atoms with Crippen LogP contribution in [0.1, 0.15) is 22.6 Å². The number of benzene rings is 2. The predicted octanol–water partition coefficient (Wildman–Crippen LogP) is 2.84. The Kier molecular flexibility index (Phi) is 5.74. The van der Waals surface area contributed by atoms with E-state index in [2.05, 4.69) is 49.8 Å². The Morgan fingerprint density at radius 2 is 1.91 bits per heavy atom. The summed E-state index contributed by atoms with van der Waals surface area (Å²) in [7, 11) is 0. The molecule has 0 fully saturated rings. The maximum Gasteiger partial charge on any atom is 0.277 e. The average Bonchev–Trinajstić information content (AvgIpc) is 3.21. The number of carbonyl (C=O) groups excluding carboxylic acids is 1. The number of carbonyl (C=O) groups is 1. The van der Waals surface area contributed by atoms with Crippen LogP contribution in [0, 0.1) is 0 Å². The zero-order valence-corrected chi connectivity index (χ0v) is 18.2. The van der Waals surface area contributed by atoms with E-state index < -0.39 is 0 Å². The van der Waals surface area contributed by atoms with Crippen LogP contribution in [0.5, 0.6) is 0 Å². The Morgan fingerprint density at radius 3 is 2.78 bits per heavy atom. The van der Waals surface area contributed by atoms with E-state index >= 15 is 0 Å². The molecule has 0 saturated heterocycles. The van der Waals surface area contributed by atoms with Gasteiger partial charge < -0.3 is 5.32 Å². The van der Waals surface area contributed by atoms with Crippen LogP contribution in [0.25, 0.3) is 10.9 Å². The first-order valence-corrected chi connectivity index (χ1v) is 11.3. The van der Waals surface area contributed by atoms with E-state index in [0.29, 0.717) is 16.0 Å². The standard InChI is InChI=1S/C23H22N6O2S/c30-21(11-13-29-22(31)17-8-4-5-9-18(17)26-27-29)25-23-24-19-10-12-28(15-20(19)32-23)14-16-6-2-1-3-7-16/h1-9H,10-15H2,(H,24,25,30). The van der Waals surface area contributed by atoms with E-state index in [1.807, 2.05) is 12.1 Å². The van der Waals surface area contributed by atoms with Gasteiger partial charge in [0, 0.05) is 37.4 Å². The molecule has 162 valence electrons. The highest BCUT2D eigenvalue weighted by Gasteiger charge is 2.21. The average molecular weight is 447 g/mol. The third kappa shape index (κ3) is 4.44. The fourth-order valence-corrected chi connectivity index (χ4v) is 4.90. The van der Waals surface area contributed by atoms with E-state index in [-0.39, 0.29) is 24.4 Å². The van der Waals surface area contributed by atoms with Gasteiger partial charge in [-0.25, -0.2) is 9.67 Å². The highest BCUT2D eigenvalue weighted by atomic mass is 32.1. The van der Waals surface area contributed by atoms with E-state index in [1.165, 1.54) is 26.5 Å². The predicted molar refractivity (Wildman–Crippen MR) is 123 cm³/mol. The molecular weight excluding hydrogens is 424 g/mol. The largest absolute Gasteiger partial charge is 0.302 e. The molecule has 1 aliphatic rings. The summed E-state index contributed by atoms with van der Waals surface area (Å²) in [5.41, 5.74) is 2.66. The molecule has 0 saturated carbocycles. The first-order valence-electron chi connectivity index (χ1n) is 10.5. The van der Waals surface area contributed by atoms with Crippen molar-refractivity contribution in [3.8, 4) is 0 Å². The zero-order valence-electron chi connectivity index (χ0n) is 17.4. The van der Waals surface area contributed by atoms with Crippen LogP contribution in [0.15, 0.2) is 59.4 Å². The molecule has 4 aromatic rings. The lowest BCUT2D eigenvalue weighted by Crippen LogP contribution is -2.29. The first kappa shape index (κ1) is 20.5. The fourth-order valence-electron chi connectivity index (χ4n) is 3.84. The van der Waals surface area contributed by atoms with Crippen LogP contribution in [0.2, 0.25) is 0 Å². The maximum absolute atomic E-state index is 12.5. The van der Waals surface area contributed by atoms with Gasteiger partial charge in [-0.05, 0) is 17.7 Å². The summed E-state index contributed by atoms with van der Waals surface area (Å²) in [6.45, 7) is 2.85. The molecule has 0 radical (unpaired) electrons. The van der Waals surface area contributed by atoms with Gasteiger partial charge in [0.2, 0.25) is 5.91 Å². The fraction of sp³-hybridized carbons (Fsp3) is 0.261. The molecule has 2 aromatic heterocycles. The molecule has 0 unspecified atom stereocenters. The van der Waals surface area contributed by atoms with Crippen LogP contribution in [-0.4, -0.2) is 37.3 Å². The van der Waals surface area contributed by atoms with Crippen molar-refractivity contribution < 1.29 is 4.79 Å². The monoisotopic (exact) mass is 446 g/mol. The minimum absolute atomic E-state index is 0.122. The van der Waals surface area contributed by atoms with E-state index in [4.69, 9.17) is 0 Å². The SMILES string of the molecule is O=C(CCn1nnc2ccccc2c1=O)Nc1nc2c(s1)CN(Cc1ccccc1)CC2. The van der Waals surface area contributed by atoms with Crippen molar-refractivity contribution >= 4 is 33.3 Å². The molecule has 0 bridgehead atoms. The molecule has 1 aliphatic heterocycles. The van der Waals surface area contributed by atoms with E-state index in [9.17, 15) is 9.59 Å². The quantitative estimate of drug-likeness (QED) is 0.490. The summed E-state index contributed by atoms with van der Waals surface area (Å²) in [6.07, 6.45) is 0.994. The molecule has 0 aliphatic carbocycles. The van der Waals surface area contributed by atoms with Gasteiger partial charge in [-0.15, -0.1) is 16.4 Å². The summed E-state index contributed by atoms with van der Waals surface area (Å²) in [6, 6.07) is 17.5. The van der Waals surface area contributed by atoms with Crippen LogP contribution >= 0.6 is 11.3 Å². The number of aromatic nitrogens is 4. The Bertz CT molecular complexity index is 1320. The maximum atomic E-state index is 12.5. The third-order valence-electron chi connectivity index (χ3n) is 5.49. The summed E-state index contributed by atoms with van der Waals surface area (Å²) in [4.78, 5) is 33.2. The number of nitrogens with zero attached hydrogens (tertiary/aromatic N) is 5. The molecule has 0 spiro atoms. The third-order valence-corrected chi connectivity index (χ3v) is 6.48.